The van der Waals surface area contributed by atoms with Gasteiger partial charge in [-0.15, -0.1) is 0 Å². The van der Waals surface area contributed by atoms with Crippen LogP contribution in [0.25, 0.3) is 6.08 Å². The van der Waals surface area contributed by atoms with Crippen LogP contribution in [-0.2, 0) is 22.6 Å². The third-order valence-electron chi connectivity index (χ3n) is 3.83. The van der Waals surface area contributed by atoms with E-state index in [1.54, 1.807) is 0 Å². The Bertz CT molecular complexity index is 825. The van der Waals surface area contributed by atoms with Gasteiger partial charge in [-0.2, -0.15) is 0 Å². The van der Waals surface area contributed by atoms with E-state index in [0.717, 1.165) is 28.9 Å². The topological polar surface area (TPSA) is 75.6 Å². The molecule has 5 nitrogen and oxygen atoms in total. The van der Waals surface area contributed by atoms with E-state index in [4.69, 9.17) is 4.74 Å². The molecule has 0 radical (unpaired) electrons. The molecule has 0 spiro atoms. The van der Waals surface area contributed by atoms with Crippen LogP contribution in [-0.4, -0.2) is 17.0 Å². The van der Waals surface area contributed by atoms with Crippen molar-refractivity contribution in [3.8, 4) is 5.75 Å². The van der Waals surface area contributed by atoms with Gasteiger partial charge in [-0.05, 0) is 53.8 Å². The molecule has 0 fully saturated rings. The zero-order valence-electron chi connectivity index (χ0n) is 15.2. The minimum absolute atomic E-state index is 0.156. The first-order valence-electron chi connectivity index (χ1n) is 8.43. The lowest BCUT2D eigenvalue weighted by Gasteiger charge is -2.15. The van der Waals surface area contributed by atoms with Crippen molar-refractivity contribution in [2.24, 2.45) is 0 Å². The number of hydrogen-bond donors (Lipinski definition) is 2. The maximum absolute atomic E-state index is 11.3. The normalized spacial score (nSPS) is 11.1. The smallest absolute Gasteiger partial charge is 0.352 e. The van der Waals surface area contributed by atoms with E-state index in [2.05, 4.69) is 5.32 Å². The first kappa shape index (κ1) is 19.2. The Morgan fingerprint density at radius 3 is 2.46 bits per heavy atom. The van der Waals surface area contributed by atoms with Crippen LogP contribution in [0, 0.1) is 6.92 Å². The Labute approximate surface area is 153 Å². The van der Waals surface area contributed by atoms with Crippen molar-refractivity contribution in [3.63, 3.8) is 0 Å². The quantitative estimate of drug-likeness (QED) is 0.744. The molecule has 2 aromatic rings. The number of rotatable bonds is 7. The van der Waals surface area contributed by atoms with Gasteiger partial charge in [0.2, 0.25) is 5.91 Å². The molecule has 0 unspecified atom stereocenters. The average molecular weight is 353 g/mol. The standard InChI is InChI=1S/C21H23NO4/c1-4-18-11-17(12-19(21(24)25)22-15(3)23)10-14(2)20(18)26-13-16-8-6-5-7-9-16/h5-12H,4,13H2,1-3H3,(H,22,23)(H,24,25)/b19-12-. The summed E-state index contributed by atoms with van der Waals surface area (Å²) in [6, 6.07) is 13.6. The number of amides is 1. The van der Waals surface area contributed by atoms with E-state index in [1.807, 2.05) is 56.3 Å². The second-order valence-corrected chi connectivity index (χ2v) is 6.00. The molecule has 136 valence electrons. The Morgan fingerprint density at radius 2 is 1.88 bits per heavy atom. The average Bonchev–Trinajstić information content (AvgIpc) is 2.60. The van der Waals surface area contributed by atoms with Crippen LogP contribution in [0.3, 0.4) is 0 Å². The molecule has 0 aliphatic rings. The summed E-state index contributed by atoms with van der Waals surface area (Å²) in [6.45, 7) is 5.69. The highest BCUT2D eigenvalue weighted by Crippen LogP contribution is 2.28. The first-order valence-corrected chi connectivity index (χ1v) is 8.43. The van der Waals surface area contributed by atoms with Gasteiger partial charge in [0.05, 0.1) is 0 Å². The minimum Gasteiger partial charge on any atom is -0.488 e. The van der Waals surface area contributed by atoms with E-state index >= 15 is 0 Å². The Balaban J connectivity index is 2.30. The highest BCUT2D eigenvalue weighted by Gasteiger charge is 2.12. The third kappa shape index (κ3) is 5.21. The zero-order valence-corrected chi connectivity index (χ0v) is 15.2. The van der Waals surface area contributed by atoms with Crippen LogP contribution in [0.5, 0.6) is 5.75 Å². The predicted molar refractivity (Wildman–Crippen MR) is 101 cm³/mol. The second-order valence-electron chi connectivity index (χ2n) is 6.00. The van der Waals surface area contributed by atoms with E-state index in [-0.39, 0.29) is 5.70 Å². The number of ether oxygens (including phenoxy) is 1. The zero-order chi connectivity index (χ0) is 19.1. The van der Waals surface area contributed by atoms with Crippen molar-refractivity contribution in [1.82, 2.24) is 5.32 Å². The molecule has 0 saturated carbocycles. The fourth-order valence-corrected chi connectivity index (χ4v) is 2.67. The largest absolute Gasteiger partial charge is 0.488 e. The molecular weight excluding hydrogens is 330 g/mol. The van der Waals surface area contributed by atoms with Gasteiger partial charge >= 0.3 is 5.97 Å². The van der Waals surface area contributed by atoms with Gasteiger partial charge < -0.3 is 15.2 Å². The summed E-state index contributed by atoms with van der Waals surface area (Å²) in [5, 5.41) is 11.6. The number of carboxylic acids is 1. The molecule has 0 aromatic heterocycles. The van der Waals surface area contributed by atoms with Crippen LogP contribution < -0.4 is 10.1 Å². The molecule has 0 saturated heterocycles. The van der Waals surface area contributed by atoms with Crippen LogP contribution in [0.15, 0.2) is 48.2 Å². The molecular formula is C21H23NO4. The SMILES string of the molecule is CCc1cc(/C=C(\NC(C)=O)C(=O)O)cc(C)c1OCc1ccccc1. The fraction of sp³-hybridized carbons (Fsp3) is 0.238. The van der Waals surface area contributed by atoms with Crippen LogP contribution in [0.1, 0.15) is 36.1 Å². The Kier molecular flexibility index (Phi) is 6.55. The molecule has 0 heterocycles. The maximum Gasteiger partial charge on any atom is 0.352 e. The van der Waals surface area contributed by atoms with Gasteiger partial charge in [-0.1, -0.05) is 37.3 Å². The van der Waals surface area contributed by atoms with Gasteiger partial charge in [0.1, 0.15) is 18.1 Å². The van der Waals surface area contributed by atoms with E-state index < -0.39 is 11.9 Å². The molecule has 0 aliphatic carbocycles. The van der Waals surface area contributed by atoms with Crippen molar-refractivity contribution >= 4 is 18.0 Å². The van der Waals surface area contributed by atoms with Gasteiger partial charge in [-0.3, -0.25) is 4.79 Å². The molecule has 2 aromatic carbocycles. The van der Waals surface area contributed by atoms with Crippen molar-refractivity contribution in [2.45, 2.75) is 33.8 Å². The monoisotopic (exact) mass is 353 g/mol. The summed E-state index contributed by atoms with van der Waals surface area (Å²) in [6.07, 6.45) is 2.20. The molecule has 1 amide bonds. The fourth-order valence-electron chi connectivity index (χ4n) is 2.67. The number of carbonyl (C=O) groups is 2. The molecule has 5 heteroatoms. The number of hydrogen-bond acceptors (Lipinski definition) is 3. The summed E-state index contributed by atoms with van der Waals surface area (Å²) in [5.41, 5.74) is 3.53. The van der Waals surface area contributed by atoms with Crippen molar-refractivity contribution in [3.05, 3.63) is 70.4 Å². The van der Waals surface area contributed by atoms with Gasteiger partial charge in [0.25, 0.3) is 0 Å². The predicted octanol–water partition coefficient (Wildman–Crippen LogP) is 3.70. The number of aryl methyl sites for hydroxylation is 2. The molecule has 2 rings (SSSR count). The number of carbonyl (C=O) groups excluding carboxylic acids is 1. The maximum atomic E-state index is 11.3. The van der Waals surface area contributed by atoms with Gasteiger partial charge in [0, 0.05) is 6.92 Å². The third-order valence-corrected chi connectivity index (χ3v) is 3.83. The first-order chi connectivity index (χ1) is 12.4. The summed E-state index contributed by atoms with van der Waals surface area (Å²) < 4.78 is 6.01. The number of aliphatic carboxylic acids is 1. The van der Waals surface area contributed by atoms with Crippen LogP contribution >= 0.6 is 0 Å². The van der Waals surface area contributed by atoms with Crippen molar-refractivity contribution < 1.29 is 19.4 Å². The minimum atomic E-state index is -1.18. The number of benzene rings is 2. The lowest BCUT2D eigenvalue weighted by Crippen LogP contribution is -2.24. The van der Waals surface area contributed by atoms with Gasteiger partial charge in [0.15, 0.2) is 0 Å². The number of nitrogens with one attached hydrogen (secondary N) is 1. The van der Waals surface area contributed by atoms with Crippen LogP contribution in [0.4, 0.5) is 0 Å². The molecule has 0 aliphatic heterocycles. The lowest BCUT2D eigenvalue weighted by atomic mass is 10.0. The second kappa shape index (κ2) is 8.85. The summed E-state index contributed by atoms with van der Waals surface area (Å²) in [7, 11) is 0. The summed E-state index contributed by atoms with van der Waals surface area (Å²) in [4.78, 5) is 22.5. The molecule has 2 N–H and O–H groups in total. The molecule has 0 atom stereocenters. The van der Waals surface area contributed by atoms with Crippen molar-refractivity contribution in [2.75, 3.05) is 0 Å². The molecule has 0 bridgehead atoms. The van der Waals surface area contributed by atoms with E-state index in [1.165, 1.54) is 13.0 Å². The van der Waals surface area contributed by atoms with E-state index in [0.29, 0.717) is 12.2 Å². The number of carboxylic acid groups (broad SMARTS) is 1. The highest BCUT2D eigenvalue weighted by atomic mass is 16.5. The van der Waals surface area contributed by atoms with E-state index in [9.17, 15) is 14.7 Å². The Hall–Kier alpha value is -3.08. The van der Waals surface area contributed by atoms with Gasteiger partial charge in [-0.25, -0.2) is 4.79 Å². The lowest BCUT2D eigenvalue weighted by molar-refractivity contribution is -0.134. The highest BCUT2D eigenvalue weighted by molar-refractivity contribution is 5.96. The van der Waals surface area contributed by atoms with Crippen LogP contribution in [0.2, 0.25) is 0 Å². The molecule has 26 heavy (non-hydrogen) atoms. The Morgan fingerprint density at radius 1 is 1.19 bits per heavy atom. The summed E-state index contributed by atoms with van der Waals surface area (Å²) >= 11 is 0. The summed E-state index contributed by atoms with van der Waals surface area (Å²) in [5.74, 6) is -0.792. The van der Waals surface area contributed by atoms with Crippen molar-refractivity contribution in [1.29, 1.82) is 0 Å².